The molecule has 1 saturated heterocycles. The van der Waals surface area contributed by atoms with Gasteiger partial charge < -0.3 is 14.7 Å². The van der Waals surface area contributed by atoms with E-state index in [1.807, 2.05) is 0 Å². The van der Waals surface area contributed by atoms with Crippen molar-refractivity contribution in [3.63, 3.8) is 0 Å². The molecular weight excluding hydrogens is 250 g/mol. The third kappa shape index (κ3) is 3.60. The first-order valence-electron chi connectivity index (χ1n) is 7.53. The van der Waals surface area contributed by atoms with Crippen molar-refractivity contribution in [1.82, 2.24) is 4.90 Å². The molecule has 1 N–H and O–H groups in total. The van der Waals surface area contributed by atoms with Crippen LogP contribution in [0.1, 0.15) is 41.2 Å². The number of aliphatic hydroxyl groups excluding tert-OH is 1. The minimum absolute atomic E-state index is 0.413. The first-order valence-corrected chi connectivity index (χ1v) is 7.53. The van der Waals surface area contributed by atoms with E-state index >= 15 is 0 Å². The van der Waals surface area contributed by atoms with Crippen LogP contribution in [0.5, 0.6) is 0 Å². The Morgan fingerprint density at radius 1 is 1.20 bits per heavy atom. The zero-order valence-corrected chi connectivity index (χ0v) is 13.1. The fourth-order valence-electron chi connectivity index (χ4n) is 3.36. The Bertz CT molecular complexity index is 429. The number of aryl methyl sites for hydroxylation is 3. The predicted octanol–water partition coefficient (Wildman–Crippen LogP) is 2.76. The Kier molecular flexibility index (Phi) is 5.19. The molecule has 20 heavy (non-hydrogen) atoms. The largest absolute Gasteiger partial charge is 0.387 e. The first-order chi connectivity index (χ1) is 9.49. The van der Waals surface area contributed by atoms with Gasteiger partial charge in [-0.2, -0.15) is 0 Å². The maximum atomic E-state index is 10.6. The maximum absolute atomic E-state index is 10.6. The Hall–Kier alpha value is -0.900. The number of hydrogen-bond donors (Lipinski definition) is 1. The molecule has 1 aliphatic heterocycles. The van der Waals surface area contributed by atoms with Gasteiger partial charge in [0.05, 0.1) is 6.10 Å². The smallest absolute Gasteiger partial charge is 0.0922 e. The highest BCUT2D eigenvalue weighted by Gasteiger charge is 2.22. The minimum atomic E-state index is -0.413. The topological polar surface area (TPSA) is 32.7 Å². The summed E-state index contributed by atoms with van der Waals surface area (Å²) in [5.41, 5.74) is 4.73. The molecule has 0 aromatic heterocycles. The van der Waals surface area contributed by atoms with Gasteiger partial charge in [0.1, 0.15) is 0 Å². The molecule has 0 radical (unpaired) electrons. The highest BCUT2D eigenvalue weighted by molar-refractivity contribution is 5.39. The zero-order chi connectivity index (χ0) is 14.7. The Morgan fingerprint density at radius 2 is 1.75 bits per heavy atom. The van der Waals surface area contributed by atoms with E-state index in [1.165, 1.54) is 16.7 Å². The summed E-state index contributed by atoms with van der Waals surface area (Å²) < 4.78 is 5.40. The number of ether oxygens (including phenoxy) is 1. The van der Waals surface area contributed by atoms with Crippen LogP contribution in [0.4, 0.5) is 0 Å². The van der Waals surface area contributed by atoms with Crippen LogP contribution in [0.25, 0.3) is 0 Å². The van der Waals surface area contributed by atoms with E-state index in [4.69, 9.17) is 4.74 Å². The van der Waals surface area contributed by atoms with Crippen LogP contribution in [-0.4, -0.2) is 42.9 Å². The molecule has 0 spiro atoms. The van der Waals surface area contributed by atoms with Crippen LogP contribution in [0.15, 0.2) is 12.1 Å². The van der Waals surface area contributed by atoms with Gasteiger partial charge in [0.15, 0.2) is 0 Å². The number of nitrogens with zero attached hydrogens (tertiary/aromatic N) is 1. The maximum Gasteiger partial charge on any atom is 0.0922 e. The van der Waals surface area contributed by atoms with Gasteiger partial charge in [-0.25, -0.2) is 0 Å². The number of hydrogen-bond acceptors (Lipinski definition) is 3. The summed E-state index contributed by atoms with van der Waals surface area (Å²) in [5.74, 6) is 0. The molecule has 0 amide bonds. The van der Waals surface area contributed by atoms with Crippen molar-refractivity contribution in [3.8, 4) is 0 Å². The average Bonchev–Trinajstić information content (AvgIpc) is 2.38. The number of benzene rings is 1. The second-order valence-electron chi connectivity index (χ2n) is 6.11. The summed E-state index contributed by atoms with van der Waals surface area (Å²) in [6.45, 7) is 8.65. The SMILES string of the molecule is Cc1cc(C)c(C(O)CN(C)C2CCOCC2)c(C)c1. The number of rotatable bonds is 4. The number of likely N-dealkylation sites (N-methyl/N-ethyl adjacent to an activating group) is 1. The van der Waals surface area contributed by atoms with Crippen molar-refractivity contribution < 1.29 is 9.84 Å². The molecule has 3 heteroatoms. The molecule has 1 heterocycles. The summed E-state index contributed by atoms with van der Waals surface area (Å²) in [4.78, 5) is 2.28. The van der Waals surface area contributed by atoms with Crippen molar-refractivity contribution in [2.24, 2.45) is 0 Å². The van der Waals surface area contributed by atoms with E-state index < -0.39 is 6.10 Å². The van der Waals surface area contributed by atoms with Gasteiger partial charge in [0.25, 0.3) is 0 Å². The van der Waals surface area contributed by atoms with Gasteiger partial charge in [0, 0.05) is 25.8 Å². The lowest BCUT2D eigenvalue weighted by atomic mass is 9.95. The fourth-order valence-corrected chi connectivity index (χ4v) is 3.36. The highest BCUT2D eigenvalue weighted by atomic mass is 16.5. The summed E-state index contributed by atoms with van der Waals surface area (Å²) in [5, 5.41) is 10.6. The van der Waals surface area contributed by atoms with Gasteiger partial charge in [-0.15, -0.1) is 0 Å². The summed E-state index contributed by atoms with van der Waals surface area (Å²) in [7, 11) is 2.11. The minimum Gasteiger partial charge on any atom is -0.387 e. The monoisotopic (exact) mass is 277 g/mol. The van der Waals surface area contributed by atoms with Crippen LogP contribution in [0.3, 0.4) is 0 Å². The lowest BCUT2D eigenvalue weighted by Crippen LogP contribution is -2.39. The molecule has 3 nitrogen and oxygen atoms in total. The molecule has 0 bridgehead atoms. The molecule has 1 unspecified atom stereocenters. The van der Waals surface area contributed by atoms with E-state index in [9.17, 15) is 5.11 Å². The van der Waals surface area contributed by atoms with Crippen LogP contribution >= 0.6 is 0 Å². The standard InChI is InChI=1S/C17H27NO2/c1-12-9-13(2)17(14(3)10-12)16(19)11-18(4)15-5-7-20-8-6-15/h9-10,15-16,19H,5-8,11H2,1-4H3. The Morgan fingerprint density at radius 3 is 2.30 bits per heavy atom. The van der Waals surface area contributed by atoms with Crippen molar-refractivity contribution in [3.05, 3.63) is 34.4 Å². The Labute approximate surface area is 122 Å². The van der Waals surface area contributed by atoms with E-state index in [2.05, 4.69) is 44.9 Å². The van der Waals surface area contributed by atoms with Crippen LogP contribution in [0.2, 0.25) is 0 Å². The van der Waals surface area contributed by atoms with Crippen molar-refractivity contribution in [2.75, 3.05) is 26.8 Å². The molecular formula is C17H27NO2. The second kappa shape index (κ2) is 6.70. The molecule has 112 valence electrons. The van der Waals surface area contributed by atoms with E-state index in [0.717, 1.165) is 31.6 Å². The normalized spacial score (nSPS) is 18.5. The third-order valence-electron chi connectivity index (χ3n) is 4.35. The van der Waals surface area contributed by atoms with Gasteiger partial charge in [-0.1, -0.05) is 17.7 Å². The van der Waals surface area contributed by atoms with Gasteiger partial charge in [0.2, 0.25) is 0 Å². The van der Waals surface area contributed by atoms with E-state index in [1.54, 1.807) is 0 Å². The average molecular weight is 277 g/mol. The molecule has 0 aliphatic carbocycles. The summed E-state index contributed by atoms with van der Waals surface area (Å²) >= 11 is 0. The van der Waals surface area contributed by atoms with E-state index in [0.29, 0.717) is 12.6 Å². The van der Waals surface area contributed by atoms with Crippen molar-refractivity contribution in [1.29, 1.82) is 0 Å². The van der Waals surface area contributed by atoms with Gasteiger partial charge in [-0.05, 0) is 57.4 Å². The summed E-state index contributed by atoms with van der Waals surface area (Å²) in [6.07, 6.45) is 1.72. The van der Waals surface area contributed by atoms with E-state index in [-0.39, 0.29) is 0 Å². The molecule has 1 aliphatic rings. The first kappa shape index (κ1) is 15.5. The quantitative estimate of drug-likeness (QED) is 0.918. The van der Waals surface area contributed by atoms with Gasteiger partial charge >= 0.3 is 0 Å². The van der Waals surface area contributed by atoms with Crippen LogP contribution in [0, 0.1) is 20.8 Å². The second-order valence-corrected chi connectivity index (χ2v) is 6.11. The van der Waals surface area contributed by atoms with Gasteiger partial charge in [-0.3, -0.25) is 0 Å². The summed E-state index contributed by atoms with van der Waals surface area (Å²) in [6, 6.07) is 4.84. The molecule has 1 atom stereocenters. The number of aliphatic hydroxyl groups is 1. The fraction of sp³-hybridized carbons (Fsp3) is 0.647. The molecule has 0 saturated carbocycles. The molecule has 1 fully saturated rings. The lowest BCUT2D eigenvalue weighted by molar-refractivity contribution is 0.0251. The van der Waals surface area contributed by atoms with Crippen LogP contribution in [-0.2, 0) is 4.74 Å². The predicted molar refractivity (Wildman–Crippen MR) is 82.1 cm³/mol. The molecule has 1 aromatic rings. The Balaban J connectivity index is 2.06. The third-order valence-corrected chi connectivity index (χ3v) is 4.35. The zero-order valence-electron chi connectivity index (χ0n) is 13.1. The molecule has 2 rings (SSSR count). The molecule has 1 aromatic carbocycles. The van der Waals surface area contributed by atoms with Crippen molar-refractivity contribution >= 4 is 0 Å². The van der Waals surface area contributed by atoms with Crippen LogP contribution < -0.4 is 0 Å². The lowest BCUT2D eigenvalue weighted by Gasteiger charge is -2.33. The highest BCUT2D eigenvalue weighted by Crippen LogP contribution is 2.25. The van der Waals surface area contributed by atoms with Crippen molar-refractivity contribution in [2.45, 2.75) is 45.8 Å².